The first kappa shape index (κ1) is 14.9. The molecule has 0 saturated heterocycles. The summed E-state index contributed by atoms with van der Waals surface area (Å²) in [6, 6.07) is 7.25. The first-order chi connectivity index (χ1) is 7.19. The standard InChI is InChI=1S/C11H16N2O2.ClH/c1-3-15-11(14)10-6-4-5-9(7-10)8(2)13-12;/h4-8,13H,3,12H2,1-2H3;1H. The van der Waals surface area contributed by atoms with Crippen LogP contribution in [0, 0.1) is 0 Å². The summed E-state index contributed by atoms with van der Waals surface area (Å²) in [6.07, 6.45) is 0. The van der Waals surface area contributed by atoms with Crippen LogP contribution >= 0.6 is 12.4 Å². The Hall–Kier alpha value is -1.10. The number of esters is 1. The molecule has 1 rings (SSSR count). The number of nitrogens with one attached hydrogen (secondary N) is 1. The molecule has 0 aliphatic rings. The number of hydrogen-bond acceptors (Lipinski definition) is 4. The largest absolute Gasteiger partial charge is 0.462 e. The quantitative estimate of drug-likeness (QED) is 0.482. The van der Waals surface area contributed by atoms with E-state index in [-0.39, 0.29) is 24.4 Å². The fourth-order valence-corrected chi connectivity index (χ4v) is 1.25. The van der Waals surface area contributed by atoms with Gasteiger partial charge < -0.3 is 4.74 Å². The van der Waals surface area contributed by atoms with Gasteiger partial charge in [0.05, 0.1) is 12.2 Å². The van der Waals surface area contributed by atoms with Crippen molar-refractivity contribution in [3.05, 3.63) is 35.4 Å². The maximum atomic E-state index is 11.4. The Morgan fingerprint density at radius 1 is 1.56 bits per heavy atom. The van der Waals surface area contributed by atoms with Gasteiger partial charge in [-0.2, -0.15) is 0 Å². The van der Waals surface area contributed by atoms with Crippen LogP contribution in [0.2, 0.25) is 0 Å². The Morgan fingerprint density at radius 3 is 2.81 bits per heavy atom. The molecular weight excluding hydrogens is 228 g/mol. The van der Waals surface area contributed by atoms with Crippen molar-refractivity contribution in [1.82, 2.24) is 5.43 Å². The number of benzene rings is 1. The lowest BCUT2D eigenvalue weighted by molar-refractivity contribution is 0.0526. The van der Waals surface area contributed by atoms with E-state index >= 15 is 0 Å². The van der Waals surface area contributed by atoms with Gasteiger partial charge in [0.1, 0.15) is 0 Å². The van der Waals surface area contributed by atoms with E-state index in [0.717, 1.165) is 5.56 Å². The Balaban J connectivity index is 0.00000225. The van der Waals surface area contributed by atoms with Crippen LogP contribution in [0.5, 0.6) is 0 Å². The molecule has 0 amide bonds. The fourth-order valence-electron chi connectivity index (χ4n) is 1.25. The van der Waals surface area contributed by atoms with E-state index in [0.29, 0.717) is 12.2 Å². The van der Waals surface area contributed by atoms with Crippen molar-refractivity contribution < 1.29 is 9.53 Å². The van der Waals surface area contributed by atoms with Crippen molar-refractivity contribution in [3.8, 4) is 0 Å². The second-order valence-corrected chi connectivity index (χ2v) is 3.23. The molecule has 4 nitrogen and oxygen atoms in total. The van der Waals surface area contributed by atoms with Crippen LogP contribution in [0.15, 0.2) is 24.3 Å². The highest BCUT2D eigenvalue weighted by Gasteiger charge is 2.09. The average Bonchev–Trinajstić information content (AvgIpc) is 2.28. The minimum Gasteiger partial charge on any atom is -0.462 e. The second-order valence-electron chi connectivity index (χ2n) is 3.23. The number of halogens is 1. The minimum atomic E-state index is -0.302. The van der Waals surface area contributed by atoms with Crippen molar-refractivity contribution in [1.29, 1.82) is 0 Å². The van der Waals surface area contributed by atoms with E-state index in [4.69, 9.17) is 10.6 Å². The summed E-state index contributed by atoms with van der Waals surface area (Å²) in [5, 5.41) is 0. The Bertz CT molecular complexity index is 345. The van der Waals surface area contributed by atoms with Gasteiger partial charge in [-0.25, -0.2) is 4.79 Å². The zero-order valence-corrected chi connectivity index (χ0v) is 10.2. The zero-order valence-electron chi connectivity index (χ0n) is 9.40. The predicted octanol–water partition coefficient (Wildman–Crippen LogP) is 1.81. The van der Waals surface area contributed by atoms with Crippen LogP contribution in [0.1, 0.15) is 35.8 Å². The lowest BCUT2D eigenvalue weighted by atomic mass is 10.1. The van der Waals surface area contributed by atoms with Crippen molar-refractivity contribution in [3.63, 3.8) is 0 Å². The summed E-state index contributed by atoms with van der Waals surface area (Å²) in [7, 11) is 0. The smallest absolute Gasteiger partial charge is 0.338 e. The molecule has 3 N–H and O–H groups in total. The van der Waals surface area contributed by atoms with Gasteiger partial charge in [-0.1, -0.05) is 12.1 Å². The highest BCUT2D eigenvalue weighted by atomic mass is 35.5. The normalized spacial score (nSPS) is 11.4. The van der Waals surface area contributed by atoms with E-state index < -0.39 is 0 Å². The van der Waals surface area contributed by atoms with E-state index in [1.165, 1.54) is 0 Å². The molecule has 1 aromatic rings. The van der Waals surface area contributed by atoms with Crippen LogP contribution in [-0.2, 0) is 4.74 Å². The lowest BCUT2D eigenvalue weighted by Gasteiger charge is -2.11. The van der Waals surface area contributed by atoms with Crippen LogP contribution in [0.3, 0.4) is 0 Å². The predicted molar refractivity (Wildman–Crippen MR) is 65.4 cm³/mol. The Kier molecular flexibility index (Phi) is 6.72. The number of hydrazine groups is 1. The molecule has 16 heavy (non-hydrogen) atoms. The molecular formula is C11H17ClN2O2. The third-order valence-electron chi connectivity index (χ3n) is 2.15. The monoisotopic (exact) mass is 244 g/mol. The number of carbonyl (C=O) groups is 1. The molecule has 0 aliphatic carbocycles. The first-order valence-electron chi connectivity index (χ1n) is 4.92. The van der Waals surface area contributed by atoms with Crippen LogP contribution < -0.4 is 11.3 Å². The summed E-state index contributed by atoms with van der Waals surface area (Å²) in [6.45, 7) is 4.09. The second kappa shape index (κ2) is 7.22. The molecule has 5 heteroatoms. The Morgan fingerprint density at radius 2 is 2.25 bits per heavy atom. The van der Waals surface area contributed by atoms with Crippen molar-refractivity contribution in [2.75, 3.05) is 6.61 Å². The van der Waals surface area contributed by atoms with Crippen LogP contribution in [-0.4, -0.2) is 12.6 Å². The van der Waals surface area contributed by atoms with E-state index in [2.05, 4.69) is 5.43 Å². The van der Waals surface area contributed by atoms with Gasteiger partial charge in [0.15, 0.2) is 0 Å². The average molecular weight is 245 g/mol. The maximum absolute atomic E-state index is 11.4. The van der Waals surface area contributed by atoms with Gasteiger partial charge >= 0.3 is 5.97 Å². The summed E-state index contributed by atoms with van der Waals surface area (Å²) in [5.41, 5.74) is 4.14. The SMILES string of the molecule is CCOC(=O)c1cccc(C(C)NN)c1.Cl. The van der Waals surface area contributed by atoms with Gasteiger partial charge in [0.25, 0.3) is 0 Å². The third kappa shape index (κ3) is 3.81. The van der Waals surface area contributed by atoms with Gasteiger partial charge in [0, 0.05) is 6.04 Å². The molecule has 90 valence electrons. The topological polar surface area (TPSA) is 64.3 Å². The molecule has 0 saturated carbocycles. The molecule has 0 heterocycles. The fraction of sp³-hybridized carbons (Fsp3) is 0.364. The maximum Gasteiger partial charge on any atom is 0.338 e. The van der Waals surface area contributed by atoms with Crippen LogP contribution in [0.4, 0.5) is 0 Å². The number of hydrogen-bond donors (Lipinski definition) is 2. The number of carbonyl (C=O) groups excluding carboxylic acids is 1. The minimum absolute atomic E-state index is 0. The summed E-state index contributed by atoms with van der Waals surface area (Å²) < 4.78 is 4.91. The van der Waals surface area contributed by atoms with E-state index in [9.17, 15) is 4.79 Å². The number of ether oxygens (including phenoxy) is 1. The molecule has 0 spiro atoms. The molecule has 1 aromatic carbocycles. The van der Waals surface area contributed by atoms with E-state index in [1.807, 2.05) is 19.1 Å². The molecule has 0 radical (unpaired) electrons. The van der Waals surface area contributed by atoms with Gasteiger partial charge in [-0.3, -0.25) is 11.3 Å². The summed E-state index contributed by atoms with van der Waals surface area (Å²) in [5.74, 6) is 5.02. The van der Waals surface area contributed by atoms with Crippen LogP contribution in [0.25, 0.3) is 0 Å². The van der Waals surface area contributed by atoms with Gasteiger partial charge in [-0.15, -0.1) is 12.4 Å². The molecule has 1 unspecified atom stereocenters. The van der Waals surface area contributed by atoms with Crippen molar-refractivity contribution >= 4 is 18.4 Å². The number of nitrogens with two attached hydrogens (primary N) is 1. The number of rotatable bonds is 4. The van der Waals surface area contributed by atoms with Crippen molar-refractivity contribution in [2.45, 2.75) is 19.9 Å². The van der Waals surface area contributed by atoms with Gasteiger partial charge in [-0.05, 0) is 31.5 Å². The van der Waals surface area contributed by atoms with Gasteiger partial charge in [0.2, 0.25) is 0 Å². The molecule has 0 aliphatic heterocycles. The molecule has 0 bridgehead atoms. The molecule has 0 aromatic heterocycles. The highest BCUT2D eigenvalue weighted by Crippen LogP contribution is 2.13. The lowest BCUT2D eigenvalue weighted by Crippen LogP contribution is -2.25. The van der Waals surface area contributed by atoms with Crippen molar-refractivity contribution in [2.24, 2.45) is 5.84 Å². The first-order valence-corrected chi connectivity index (χ1v) is 4.92. The molecule has 0 fully saturated rings. The van der Waals surface area contributed by atoms with E-state index in [1.54, 1.807) is 19.1 Å². The summed E-state index contributed by atoms with van der Waals surface area (Å²) in [4.78, 5) is 11.4. The Labute approximate surface area is 102 Å². The molecule has 1 atom stereocenters. The highest BCUT2D eigenvalue weighted by molar-refractivity contribution is 5.89. The summed E-state index contributed by atoms with van der Waals surface area (Å²) >= 11 is 0. The third-order valence-corrected chi connectivity index (χ3v) is 2.15. The zero-order chi connectivity index (χ0) is 11.3.